The SMILES string of the molecule is Cc1ccccc1-n1nnc(CN)c1C1CCC1. The van der Waals surface area contributed by atoms with Crippen molar-refractivity contribution in [1.82, 2.24) is 15.0 Å². The summed E-state index contributed by atoms with van der Waals surface area (Å²) in [5.74, 6) is 0.582. The van der Waals surface area contributed by atoms with Crippen LogP contribution in [0.2, 0.25) is 0 Å². The lowest BCUT2D eigenvalue weighted by Gasteiger charge is -2.26. The zero-order valence-electron chi connectivity index (χ0n) is 10.6. The molecule has 1 heterocycles. The van der Waals surface area contributed by atoms with E-state index in [1.54, 1.807) is 0 Å². The zero-order valence-corrected chi connectivity index (χ0v) is 10.6. The van der Waals surface area contributed by atoms with Crippen molar-refractivity contribution in [2.45, 2.75) is 38.6 Å². The van der Waals surface area contributed by atoms with Gasteiger partial charge in [0, 0.05) is 12.5 Å². The van der Waals surface area contributed by atoms with E-state index in [0.29, 0.717) is 12.5 Å². The van der Waals surface area contributed by atoms with E-state index in [-0.39, 0.29) is 0 Å². The van der Waals surface area contributed by atoms with Gasteiger partial charge in [0.15, 0.2) is 0 Å². The van der Waals surface area contributed by atoms with Gasteiger partial charge in [-0.2, -0.15) is 0 Å². The number of benzene rings is 1. The molecular formula is C14H18N4. The number of rotatable bonds is 3. The molecule has 1 aromatic heterocycles. The molecule has 2 aromatic rings. The minimum atomic E-state index is 0.470. The molecule has 0 atom stereocenters. The summed E-state index contributed by atoms with van der Waals surface area (Å²) in [7, 11) is 0. The number of hydrogen-bond donors (Lipinski definition) is 1. The molecule has 0 aliphatic heterocycles. The standard InChI is InChI=1S/C14H18N4/c1-10-5-2-3-8-13(10)18-14(11-6-4-7-11)12(9-15)16-17-18/h2-3,5,8,11H,4,6-7,9,15H2,1H3. The highest BCUT2D eigenvalue weighted by Gasteiger charge is 2.27. The second-order valence-electron chi connectivity index (χ2n) is 4.95. The Balaban J connectivity index is 2.12. The van der Waals surface area contributed by atoms with Crippen molar-refractivity contribution in [2.75, 3.05) is 0 Å². The van der Waals surface area contributed by atoms with E-state index in [9.17, 15) is 0 Å². The molecule has 18 heavy (non-hydrogen) atoms. The van der Waals surface area contributed by atoms with E-state index >= 15 is 0 Å². The summed E-state index contributed by atoms with van der Waals surface area (Å²) in [5, 5.41) is 8.55. The second kappa shape index (κ2) is 4.53. The highest BCUT2D eigenvalue weighted by atomic mass is 15.4. The number of aryl methyl sites for hydroxylation is 1. The average Bonchev–Trinajstić information content (AvgIpc) is 2.71. The molecule has 0 spiro atoms. The topological polar surface area (TPSA) is 56.7 Å². The van der Waals surface area contributed by atoms with Crippen LogP contribution in [0.3, 0.4) is 0 Å². The van der Waals surface area contributed by atoms with Gasteiger partial charge in [-0.3, -0.25) is 0 Å². The van der Waals surface area contributed by atoms with Crippen LogP contribution in [0.1, 0.15) is 42.1 Å². The van der Waals surface area contributed by atoms with Crippen LogP contribution >= 0.6 is 0 Å². The summed E-state index contributed by atoms with van der Waals surface area (Å²) < 4.78 is 1.99. The smallest absolute Gasteiger partial charge is 0.100 e. The highest BCUT2D eigenvalue weighted by molar-refractivity contribution is 5.41. The first-order chi connectivity index (χ1) is 8.81. The molecule has 1 aliphatic rings. The molecule has 94 valence electrons. The Morgan fingerprint density at radius 1 is 1.33 bits per heavy atom. The third-order valence-electron chi connectivity index (χ3n) is 3.81. The summed E-state index contributed by atoms with van der Waals surface area (Å²) in [4.78, 5) is 0. The lowest BCUT2D eigenvalue weighted by molar-refractivity contribution is 0.400. The van der Waals surface area contributed by atoms with E-state index in [1.807, 2.05) is 16.8 Å². The van der Waals surface area contributed by atoms with Gasteiger partial charge in [0.1, 0.15) is 5.69 Å². The van der Waals surface area contributed by atoms with Gasteiger partial charge in [-0.1, -0.05) is 29.8 Å². The van der Waals surface area contributed by atoms with Crippen LogP contribution in [0, 0.1) is 6.92 Å². The Labute approximate surface area is 107 Å². The average molecular weight is 242 g/mol. The lowest BCUT2D eigenvalue weighted by Crippen LogP contribution is -2.17. The van der Waals surface area contributed by atoms with Crippen molar-refractivity contribution in [2.24, 2.45) is 5.73 Å². The van der Waals surface area contributed by atoms with Gasteiger partial charge in [-0.15, -0.1) is 5.10 Å². The molecule has 0 amide bonds. The van der Waals surface area contributed by atoms with Crippen LogP contribution < -0.4 is 5.73 Å². The minimum absolute atomic E-state index is 0.470. The Morgan fingerprint density at radius 3 is 2.72 bits per heavy atom. The van der Waals surface area contributed by atoms with E-state index < -0.39 is 0 Å². The van der Waals surface area contributed by atoms with Crippen molar-refractivity contribution < 1.29 is 0 Å². The van der Waals surface area contributed by atoms with E-state index in [4.69, 9.17) is 5.73 Å². The van der Waals surface area contributed by atoms with Gasteiger partial charge < -0.3 is 5.73 Å². The summed E-state index contributed by atoms with van der Waals surface area (Å²) in [6.45, 7) is 2.57. The highest BCUT2D eigenvalue weighted by Crippen LogP contribution is 2.38. The van der Waals surface area contributed by atoms with E-state index in [1.165, 1.54) is 30.5 Å². The molecule has 1 aliphatic carbocycles. The molecule has 2 N–H and O–H groups in total. The fraction of sp³-hybridized carbons (Fsp3) is 0.429. The second-order valence-corrected chi connectivity index (χ2v) is 4.95. The monoisotopic (exact) mass is 242 g/mol. The molecule has 1 saturated carbocycles. The summed E-state index contributed by atoms with van der Waals surface area (Å²) in [6, 6.07) is 8.27. The van der Waals surface area contributed by atoms with Crippen LogP contribution in [-0.4, -0.2) is 15.0 Å². The van der Waals surface area contributed by atoms with Gasteiger partial charge in [0.05, 0.1) is 11.4 Å². The summed E-state index contributed by atoms with van der Waals surface area (Å²) in [5.41, 5.74) is 10.3. The molecule has 0 radical (unpaired) electrons. The zero-order chi connectivity index (χ0) is 12.5. The lowest BCUT2D eigenvalue weighted by atomic mass is 9.82. The predicted molar refractivity (Wildman–Crippen MR) is 70.6 cm³/mol. The van der Waals surface area contributed by atoms with Crippen molar-refractivity contribution >= 4 is 0 Å². The maximum absolute atomic E-state index is 5.78. The van der Waals surface area contributed by atoms with Gasteiger partial charge in [0.25, 0.3) is 0 Å². The molecule has 0 unspecified atom stereocenters. The third-order valence-corrected chi connectivity index (χ3v) is 3.81. The molecule has 0 saturated heterocycles. The summed E-state index contributed by atoms with van der Waals surface area (Å²) in [6.07, 6.45) is 3.76. The maximum atomic E-state index is 5.78. The van der Waals surface area contributed by atoms with Gasteiger partial charge in [-0.05, 0) is 31.4 Å². The quantitative estimate of drug-likeness (QED) is 0.898. The Hall–Kier alpha value is -1.68. The molecule has 1 fully saturated rings. The Bertz CT molecular complexity index is 555. The Morgan fingerprint density at radius 2 is 2.11 bits per heavy atom. The molecule has 4 heteroatoms. The van der Waals surface area contributed by atoms with Crippen LogP contribution in [0.25, 0.3) is 5.69 Å². The number of aromatic nitrogens is 3. The van der Waals surface area contributed by atoms with Crippen molar-refractivity contribution in [1.29, 1.82) is 0 Å². The van der Waals surface area contributed by atoms with Crippen molar-refractivity contribution in [3.63, 3.8) is 0 Å². The molecule has 0 bridgehead atoms. The number of nitrogens with two attached hydrogens (primary N) is 1. The number of hydrogen-bond acceptors (Lipinski definition) is 3. The molecular weight excluding hydrogens is 224 g/mol. The van der Waals surface area contributed by atoms with Crippen LogP contribution in [0.4, 0.5) is 0 Å². The molecule has 1 aromatic carbocycles. The molecule has 4 nitrogen and oxygen atoms in total. The van der Waals surface area contributed by atoms with Crippen LogP contribution in [-0.2, 0) is 6.54 Å². The van der Waals surface area contributed by atoms with Crippen molar-refractivity contribution in [3.05, 3.63) is 41.2 Å². The first-order valence-corrected chi connectivity index (χ1v) is 6.52. The van der Waals surface area contributed by atoms with Crippen LogP contribution in [0.15, 0.2) is 24.3 Å². The third kappa shape index (κ3) is 1.73. The largest absolute Gasteiger partial charge is 0.325 e. The van der Waals surface area contributed by atoms with Gasteiger partial charge >= 0.3 is 0 Å². The predicted octanol–water partition coefficient (Wildman–Crippen LogP) is 2.30. The maximum Gasteiger partial charge on any atom is 0.100 e. The first kappa shape index (κ1) is 11.4. The van der Waals surface area contributed by atoms with E-state index in [0.717, 1.165) is 11.4 Å². The van der Waals surface area contributed by atoms with Crippen molar-refractivity contribution in [3.8, 4) is 5.69 Å². The van der Waals surface area contributed by atoms with Gasteiger partial charge in [0.2, 0.25) is 0 Å². The minimum Gasteiger partial charge on any atom is -0.325 e. The normalized spacial score (nSPS) is 15.7. The van der Waals surface area contributed by atoms with Crippen LogP contribution in [0.5, 0.6) is 0 Å². The fourth-order valence-electron chi connectivity index (χ4n) is 2.54. The summed E-state index contributed by atoms with van der Waals surface area (Å²) >= 11 is 0. The van der Waals surface area contributed by atoms with Gasteiger partial charge in [-0.25, -0.2) is 4.68 Å². The molecule has 3 rings (SSSR count). The van der Waals surface area contributed by atoms with E-state index in [2.05, 4.69) is 29.4 Å². The number of para-hydroxylation sites is 1. The Kier molecular flexibility index (Phi) is 2.88. The first-order valence-electron chi connectivity index (χ1n) is 6.52. The number of nitrogens with zero attached hydrogens (tertiary/aromatic N) is 3. The fourth-order valence-corrected chi connectivity index (χ4v) is 2.54.